The third-order valence-electron chi connectivity index (χ3n) is 3.56. The monoisotopic (exact) mass is 258 g/mol. The average molecular weight is 258 g/mol. The summed E-state index contributed by atoms with van der Waals surface area (Å²) < 4.78 is 5.65. The fourth-order valence-corrected chi connectivity index (χ4v) is 2.12. The second kappa shape index (κ2) is 8.13. The molecule has 0 spiro atoms. The standard InChI is InChI=1S/C15H34N2O/c1-9-16-14(15(6,7)18-8)11-17(13(4)5)10-12(2)3/h12-14,16H,9-11H2,1-8H3. The van der Waals surface area contributed by atoms with Crippen molar-refractivity contribution in [3.63, 3.8) is 0 Å². The first-order chi connectivity index (χ1) is 8.24. The van der Waals surface area contributed by atoms with Crippen LogP contribution in [-0.4, -0.2) is 49.3 Å². The molecule has 0 bridgehead atoms. The molecule has 0 saturated carbocycles. The lowest BCUT2D eigenvalue weighted by Gasteiger charge is -2.39. The molecule has 1 atom stereocenters. The summed E-state index contributed by atoms with van der Waals surface area (Å²) in [6.07, 6.45) is 0. The maximum absolute atomic E-state index is 5.65. The molecule has 1 unspecified atom stereocenters. The third-order valence-corrected chi connectivity index (χ3v) is 3.56. The van der Waals surface area contributed by atoms with Gasteiger partial charge in [0.1, 0.15) is 0 Å². The van der Waals surface area contributed by atoms with Crippen LogP contribution < -0.4 is 5.32 Å². The Morgan fingerprint density at radius 2 is 1.67 bits per heavy atom. The van der Waals surface area contributed by atoms with Crippen molar-refractivity contribution in [3.05, 3.63) is 0 Å². The smallest absolute Gasteiger partial charge is 0.0787 e. The molecule has 0 amide bonds. The van der Waals surface area contributed by atoms with E-state index in [0.717, 1.165) is 19.6 Å². The van der Waals surface area contributed by atoms with E-state index in [0.29, 0.717) is 18.0 Å². The van der Waals surface area contributed by atoms with Gasteiger partial charge in [0.05, 0.1) is 5.60 Å². The number of nitrogens with zero attached hydrogens (tertiary/aromatic N) is 1. The second-order valence-electron chi connectivity index (χ2n) is 6.36. The van der Waals surface area contributed by atoms with Crippen LogP contribution in [0.1, 0.15) is 48.5 Å². The van der Waals surface area contributed by atoms with Crippen molar-refractivity contribution in [1.82, 2.24) is 10.2 Å². The summed E-state index contributed by atoms with van der Waals surface area (Å²) >= 11 is 0. The zero-order valence-corrected chi connectivity index (χ0v) is 13.7. The van der Waals surface area contributed by atoms with Crippen molar-refractivity contribution in [3.8, 4) is 0 Å². The Labute approximate surface area is 114 Å². The molecule has 0 fully saturated rings. The number of hydrogen-bond donors (Lipinski definition) is 1. The van der Waals surface area contributed by atoms with Crippen LogP contribution >= 0.6 is 0 Å². The van der Waals surface area contributed by atoms with Crippen molar-refractivity contribution in [1.29, 1.82) is 0 Å². The van der Waals surface area contributed by atoms with E-state index in [1.54, 1.807) is 7.11 Å². The predicted octanol–water partition coefficient (Wildman–Crippen LogP) is 2.76. The largest absolute Gasteiger partial charge is 0.377 e. The molecule has 110 valence electrons. The maximum Gasteiger partial charge on any atom is 0.0787 e. The summed E-state index contributed by atoms with van der Waals surface area (Å²) in [7, 11) is 1.80. The van der Waals surface area contributed by atoms with Gasteiger partial charge in [-0.05, 0) is 40.2 Å². The van der Waals surface area contributed by atoms with E-state index >= 15 is 0 Å². The van der Waals surface area contributed by atoms with Gasteiger partial charge in [-0.3, -0.25) is 4.90 Å². The summed E-state index contributed by atoms with van der Waals surface area (Å²) in [6.45, 7) is 18.7. The zero-order valence-electron chi connectivity index (χ0n) is 13.7. The van der Waals surface area contributed by atoms with Crippen LogP contribution in [0, 0.1) is 5.92 Å². The van der Waals surface area contributed by atoms with Crippen LogP contribution in [0.4, 0.5) is 0 Å². The Hall–Kier alpha value is -0.120. The molecular formula is C15H34N2O. The van der Waals surface area contributed by atoms with E-state index in [2.05, 4.69) is 58.7 Å². The minimum Gasteiger partial charge on any atom is -0.377 e. The second-order valence-corrected chi connectivity index (χ2v) is 6.36. The summed E-state index contributed by atoms with van der Waals surface area (Å²) in [5.74, 6) is 0.695. The van der Waals surface area contributed by atoms with Gasteiger partial charge >= 0.3 is 0 Å². The quantitative estimate of drug-likeness (QED) is 0.688. The minimum absolute atomic E-state index is 0.139. The van der Waals surface area contributed by atoms with E-state index in [9.17, 15) is 0 Å². The van der Waals surface area contributed by atoms with Crippen LogP contribution in [0.3, 0.4) is 0 Å². The van der Waals surface area contributed by atoms with Gasteiger partial charge in [-0.25, -0.2) is 0 Å². The molecule has 0 saturated heterocycles. The van der Waals surface area contributed by atoms with Gasteiger partial charge in [0.15, 0.2) is 0 Å². The van der Waals surface area contributed by atoms with E-state index in [-0.39, 0.29) is 5.60 Å². The molecule has 1 N–H and O–H groups in total. The van der Waals surface area contributed by atoms with E-state index < -0.39 is 0 Å². The van der Waals surface area contributed by atoms with Crippen molar-refractivity contribution >= 4 is 0 Å². The molecule has 0 aliphatic carbocycles. The molecule has 3 heteroatoms. The number of ether oxygens (including phenoxy) is 1. The summed E-state index contributed by atoms with van der Waals surface area (Å²) in [5, 5.41) is 3.57. The Bertz CT molecular complexity index is 215. The van der Waals surface area contributed by atoms with Crippen molar-refractivity contribution in [2.45, 2.75) is 66.2 Å². The Morgan fingerprint density at radius 3 is 2.00 bits per heavy atom. The van der Waals surface area contributed by atoms with Crippen molar-refractivity contribution in [2.24, 2.45) is 5.92 Å². The summed E-state index contributed by atoms with van der Waals surface area (Å²) in [4.78, 5) is 2.54. The van der Waals surface area contributed by atoms with E-state index in [1.165, 1.54) is 0 Å². The highest BCUT2D eigenvalue weighted by Gasteiger charge is 2.30. The Kier molecular flexibility index (Phi) is 8.08. The van der Waals surface area contributed by atoms with Crippen LogP contribution in [0.2, 0.25) is 0 Å². The van der Waals surface area contributed by atoms with Crippen molar-refractivity contribution < 1.29 is 4.74 Å². The van der Waals surface area contributed by atoms with Gasteiger partial charge in [-0.2, -0.15) is 0 Å². The summed E-state index contributed by atoms with van der Waals surface area (Å²) in [6, 6.07) is 0.926. The molecule has 0 heterocycles. The van der Waals surface area contributed by atoms with E-state index in [1.807, 2.05) is 0 Å². The lowest BCUT2D eigenvalue weighted by molar-refractivity contribution is -0.0230. The fourth-order valence-electron chi connectivity index (χ4n) is 2.12. The number of hydrogen-bond acceptors (Lipinski definition) is 3. The highest BCUT2D eigenvalue weighted by atomic mass is 16.5. The first kappa shape index (κ1) is 17.9. The molecule has 0 radical (unpaired) electrons. The molecule has 0 aliphatic heterocycles. The van der Waals surface area contributed by atoms with Gasteiger partial charge in [0, 0.05) is 32.3 Å². The predicted molar refractivity (Wildman–Crippen MR) is 80.1 cm³/mol. The van der Waals surface area contributed by atoms with Crippen molar-refractivity contribution in [2.75, 3.05) is 26.7 Å². The Morgan fingerprint density at radius 1 is 1.11 bits per heavy atom. The lowest BCUT2D eigenvalue weighted by atomic mass is 9.97. The summed E-state index contributed by atoms with van der Waals surface area (Å²) in [5.41, 5.74) is -0.139. The third kappa shape index (κ3) is 6.17. The molecular weight excluding hydrogens is 224 g/mol. The number of nitrogens with one attached hydrogen (secondary N) is 1. The SMILES string of the molecule is CCNC(CN(CC(C)C)C(C)C)C(C)(C)OC. The topological polar surface area (TPSA) is 24.5 Å². The van der Waals surface area contributed by atoms with Crippen LogP contribution in [0.25, 0.3) is 0 Å². The molecule has 0 aromatic carbocycles. The first-order valence-electron chi connectivity index (χ1n) is 7.27. The fraction of sp³-hybridized carbons (Fsp3) is 1.00. The maximum atomic E-state index is 5.65. The first-order valence-corrected chi connectivity index (χ1v) is 7.27. The van der Waals surface area contributed by atoms with Gasteiger partial charge in [-0.1, -0.05) is 20.8 Å². The lowest BCUT2D eigenvalue weighted by Crippen LogP contribution is -2.55. The Balaban J connectivity index is 4.70. The zero-order chi connectivity index (χ0) is 14.3. The highest BCUT2D eigenvalue weighted by molar-refractivity contribution is 4.88. The number of methoxy groups -OCH3 is 1. The van der Waals surface area contributed by atoms with Gasteiger partial charge in [0.2, 0.25) is 0 Å². The molecule has 0 aromatic heterocycles. The normalized spacial score (nSPS) is 14.8. The van der Waals surface area contributed by atoms with Crippen LogP contribution in [-0.2, 0) is 4.74 Å². The molecule has 0 aromatic rings. The molecule has 0 rings (SSSR count). The number of likely N-dealkylation sites (N-methyl/N-ethyl adjacent to an activating group) is 1. The van der Waals surface area contributed by atoms with Gasteiger partial charge in [-0.15, -0.1) is 0 Å². The number of rotatable bonds is 9. The molecule has 3 nitrogen and oxygen atoms in total. The van der Waals surface area contributed by atoms with Crippen LogP contribution in [0.5, 0.6) is 0 Å². The van der Waals surface area contributed by atoms with E-state index in [4.69, 9.17) is 4.74 Å². The molecule has 0 aliphatic rings. The van der Waals surface area contributed by atoms with Gasteiger partial charge in [0.25, 0.3) is 0 Å². The van der Waals surface area contributed by atoms with Gasteiger partial charge < -0.3 is 10.1 Å². The minimum atomic E-state index is -0.139. The molecule has 18 heavy (non-hydrogen) atoms. The average Bonchev–Trinajstić information content (AvgIpc) is 2.26. The highest BCUT2D eigenvalue weighted by Crippen LogP contribution is 2.17. The van der Waals surface area contributed by atoms with Crippen LogP contribution in [0.15, 0.2) is 0 Å².